The van der Waals surface area contributed by atoms with E-state index < -0.39 is 20.6 Å². The van der Waals surface area contributed by atoms with Crippen LogP contribution < -0.4 is 10.1 Å². The number of hydrogen-bond donors (Lipinski definition) is 0. The second kappa shape index (κ2) is 11.1. The zero-order chi connectivity index (χ0) is 26.9. The van der Waals surface area contributed by atoms with Crippen LogP contribution >= 0.6 is 23.6 Å². The van der Waals surface area contributed by atoms with E-state index in [0.717, 1.165) is 38.9 Å². The van der Waals surface area contributed by atoms with Gasteiger partial charge in [-0.15, -0.1) is 11.3 Å². The number of benzene rings is 2. The van der Waals surface area contributed by atoms with E-state index in [-0.39, 0.29) is 16.5 Å². The van der Waals surface area contributed by atoms with E-state index in [4.69, 9.17) is 12.2 Å². The first-order valence-corrected chi connectivity index (χ1v) is 15.2. The van der Waals surface area contributed by atoms with Crippen molar-refractivity contribution in [2.75, 3.05) is 19.0 Å². The zero-order valence-electron chi connectivity index (χ0n) is 21.5. The number of likely N-dealkylation sites (N-methyl/N-ethyl adjacent to an activating group) is 2. The van der Waals surface area contributed by atoms with Gasteiger partial charge in [0.2, 0.25) is 0 Å². The number of thiophene rings is 1. The SMILES string of the molecule is CC[Si](CC)c1ccc(F)cc1N(c1ccc(C=C2C(=O)N(C)C(=S)N(C)C2=O)s1)c1ccccc1C. The highest BCUT2D eigenvalue weighted by Crippen LogP contribution is 2.41. The molecule has 0 saturated carbocycles. The van der Waals surface area contributed by atoms with Gasteiger partial charge in [0, 0.05) is 30.3 Å². The molecule has 37 heavy (non-hydrogen) atoms. The van der Waals surface area contributed by atoms with Crippen LogP contribution in [0, 0.1) is 12.7 Å². The molecular weight excluding hydrogens is 522 g/mol. The van der Waals surface area contributed by atoms with E-state index >= 15 is 0 Å². The maximum Gasteiger partial charge on any atom is 0.265 e. The molecule has 0 N–H and O–H groups in total. The summed E-state index contributed by atoms with van der Waals surface area (Å²) in [6.07, 6.45) is 1.61. The summed E-state index contributed by atoms with van der Waals surface area (Å²) in [6.45, 7) is 6.42. The molecule has 3 aromatic rings. The molecule has 5 nitrogen and oxygen atoms in total. The summed E-state index contributed by atoms with van der Waals surface area (Å²) in [7, 11) is 2.23. The molecule has 4 rings (SSSR count). The Labute approximate surface area is 228 Å². The molecule has 0 atom stereocenters. The lowest BCUT2D eigenvalue weighted by Gasteiger charge is -2.31. The van der Waals surface area contributed by atoms with Gasteiger partial charge in [-0.3, -0.25) is 19.4 Å². The predicted molar refractivity (Wildman–Crippen MR) is 156 cm³/mol. The Hall–Kier alpha value is -3.14. The number of carbonyl (C=O) groups is 2. The summed E-state index contributed by atoms with van der Waals surface area (Å²) in [6, 6.07) is 19.1. The van der Waals surface area contributed by atoms with Crippen LogP contribution in [0.1, 0.15) is 24.3 Å². The molecular formula is C28H29FN3O2S2Si. The molecule has 1 aliphatic heterocycles. The third-order valence-corrected chi connectivity index (χ3v) is 11.0. The fourth-order valence-corrected chi connectivity index (χ4v) is 7.73. The number of aryl methyl sites for hydroxylation is 1. The molecule has 0 aliphatic carbocycles. The Morgan fingerprint density at radius 3 is 2.24 bits per heavy atom. The maximum atomic E-state index is 14.7. The predicted octanol–water partition coefficient (Wildman–Crippen LogP) is 6.01. The zero-order valence-corrected chi connectivity index (χ0v) is 24.2. The van der Waals surface area contributed by atoms with Crippen molar-refractivity contribution in [2.24, 2.45) is 0 Å². The Balaban J connectivity index is 1.86. The first-order valence-electron chi connectivity index (χ1n) is 12.1. The van der Waals surface area contributed by atoms with E-state index in [2.05, 4.69) is 18.7 Å². The van der Waals surface area contributed by atoms with Crippen molar-refractivity contribution in [1.82, 2.24) is 9.80 Å². The van der Waals surface area contributed by atoms with Crippen LogP contribution in [0.15, 0.2) is 60.2 Å². The van der Waals surface area contributed by atoms with Crippen molar-refractivity contribution in [3.05, 3.63) is 76.4 Å². The summed E-state index contributed by atoms with van der Waals surface area (Å²) < 4.78 is 14.7. The molecule has 1 aromatic heterocycles. The second-order valence-corrected chi connectivity index (χ2v) is 13.5. The molecule has 0 unspecified atom stereocenters. The minimum Gasteiger partial charge on any atom is -0.302 e. The molecule has 9 heteroatoms. The minimum atomic E-state index is -0.894. The lowest BCUT2D eigenvalue weighted by atomic mass is 10.1. The number of amides is 2. The third-order valence-electron chi connectivity index (χ3n) is 6.56. The van der Waals surface area contributed by atoms with Gasteiger partial charge in [-0.2, -0.15) is 0 Å². The first-order chi connectivity index (χ1) is 17.7. The monoisotopic (exact) mass is 550 g/mol. The molecule has 0 spiro atoms. The molecule has 1 fully saturated rings. The number of nitrogens with zero attached hydrogens (tertiary/aromatic N) is 3. The van der Waals surface area contributed by atoms with Crippen molar-refractivity contribution < 1.29 is 14.0 Å². The average molecular weight is 551 g/mol. The van der Waals surface area contributed by atoms with Gasteiger partial charge in [0.1, 0.15) is 16.4 Å². The molecule has 0 bridgehead atoms. The summed E-state index contributed by atoms with van der Waals surface area (Å²) in [5.74, 6) is -1.14. The number of carbonyl (C=O) groups excluding carboxylic acids is 2. The highest BCUT2D eigenvalue weighted by atomic mass is 32.1. The van der Waals surface area contributed by atoms with Gasteiger partial charge in [0.15, 0.2) is 5.11 Å². The van der Waals surface area contributed by atoms with Crippen LogP contribution in [0.3, 0.4) is 0 Å². The van der Waals surface area contributed by atoms with Crippen LogP contribution in [0.25, 0.3) is 6.08 Å². The summed E-state index contributed by atoms with van der Waals surface area (Å²) in [5.41, 5.74) is 2.91. The standard InChI is InChI=1S/C28H29FN3O2S2Si/c1-6-37(7-2)24-14-12-19(29)16-23(24)32(22-11-9-8-10-18(22)3)25-15-13-20(36-25)17-21-26(33)30(4)28(35)31(5)27(21)34/h8-17H,6-7H2,1-5H3. The third kappa shape index (κ3) is 5.16. The normalized spacial score (nSPS) is 14.1. The summed E-state index contributed by atoms with van der Waals surface area (Å²) >= 11 is 6.64. The largest absolute Gasteiger partial charge is 0.302 e. The van der Waals surface area contributed by atoms with Crippen LogP contribution in [0.2, 0.25) is 12.1 Å². The topological polar surface area (TPSA) is 43.9 Å². The summed E-state index contributed by atoms with van der Waals surface area (Å²) in [4.78, 5) is 31.1. The van der Waals surface area contributed by atoms with E-state index in [1.807, 2.05) is 49.4 Å². The van der Waals surface area contributed by atoms with Gasteiger partial charge < -0.3 is 4.90 Å². The van der Waals surface area contributed by atoms with Gasteiger partial charge in [-0.05, 0) is 66.3 Å². The van der Waals surface area contributed by atoms with E-state index in [1.54, 1.807) is 32.3 Å². The molecule has 2 heterocycles. The highest BCUT2D eigenvalue weighted by molar-refractivity contribution is 7.80. The summed E-state index contributed by atoms with van der Waals surface area (Å²) in [5, 5.41) is 2.23. The van der Waals surface area contributed by atoms with Crippen LogP contribution in [-0.2, 0) is 9.59 Å². The van der Waals surface area contributed by atoms with Crippen molar-refractivity contribution in [1.29, 1.82) is 0 Å². The van der Waals surface area contributed by atoms with Gasteiger partial charge in [-0.1, -0.05) is 50.2 Å². The molecule has 1 radical (unpaired) electrons. The average Bonchev–Trinajstić information content (AvgIpc) is 3.35. The van der Waals surface area contributed by atoms with E-state index in [0.29, 0.717) is 0 Å². The van der Waals surface area contributed by atoms with Gasteiger partial charge in [-0.25, -0.2) is 4.39 Å². The van der Waals surface area contributed by atoms with Crippen molar-refractivity contribution >= 4 is 76.9 Å². The number of anilines is 3. The Morgan fingerprint density at radius 1 is 0.973 bits per heavy atom. The Morgan fingerprint density at radius 2 is 1.62 bits per heavy atom. The fourth-order valence-electron chi connectivity index (χ4n) is 4.46. The van der Waals surface area contributed by atoms with Gasteiger partial charge in [0.05, 0.1) is 8.80 Å². The van der Waals surface area contributed by atoms with Gasteiger partial charge in [0.25, 0.3) is 11.8 Å². The minimum absolute atomic E-state index is 0.0587. The molecule has 191 valence electrons. The lowest BCUT2D eigenvalue weighted by molar-refractivity contribution is -0.132. The van der Waals surface area contributed by atoms with E-state index in [9.17, 15) is 14.0 Å². The van der Waals surface area contributed by atoms with Gasteiger partial charge >= 0.3 is 0 Å². The lowest BCUT2D eigenvalue weighted by Crippen LogP contribution is -2.52. The van der Waals surface area contributed by atoms with Crippen LogP contribution in [0.5, 0.6) is 0 Å². The number of thiocarbonyl (C=S) groups is 1. The van der Waals surface area contributed by atoms with Crippen LogP contribution in [0.4, 0.5) is 20.8 Å². The molecule has 2 amide bonds. The first kappa shape index (κ1) is 26.9. The Bertz CT molecular complexity index is 1370. The highest BCUT2D eigenvalue weighted by Gasteiger charge is 2.35. The Kier molecular flexibility index (Phi) is 8.06. The smallest absolute Gasteiger partial charge is 0.265 e. The molecule has 1 aliphatic rings. The van der Waals surface area contributed by atoms with Crippen LogP contribution in [-0.4, -0.2) is 49.6 Å². The number of halogens is 1. The number of para-hydroxylation sites is 1. The second-order valence-electron chi connectivity index (χ2n) is 8.84. The number of hydrogen-bond acceptors (Lipinski definition) is 5. The number of rotatable bonds is 7. The van der Waals surface area contributed by atoms with Crippen molar-refractivity contribution in [3.8, 4) is 0 Å². The van der Waals surface area contributed by atoms with E-state index in [1.165, 1.54) is 26.3 Å². The molecule has 2 aromatic carbocycles. The molecule has 1 saturated heterocycles. The van der Waals surface area contributed by atoms with Crippen molar-refractivity contribution in [3.63, 3.8) is 0 Å². The maximum absolute atomic E-state index is 14.7. The fraction of sp³-hybridized carbons (Fsp3) is 0.250. The quantitative estimate of drug-likeness (QED) is 0.157. The van der Waals surface area contributed by atoms with Crippen molar-refractivity contribution in [2.45, 2.75) is 32.9 Å².